The first-order chi connectivity index (χ1) is 28.8. The second-order valence-electron chi connectivity index (χ2n) is 17.1. The molecule has 0 unspecified atom stereocenters. The number of hydrogen-bond donors (Lipinski definition) is 7. The fraction of sp³-hybridized carbons (Fsp3) is 0.432. The molecular weight excluding hydrogens is 817 g/mol. The molecule has 0 bridgehead atoms. The second kappa shape index (κ2) is 26.3. The van der Waals surface area contributed by atoms with Gasteiger partial charge in [0.2, 0.25) is 0 Å². The van der Waals surface area contributed by atoms with Crippen molar-refractivity contribution in [3.8, 4) is 12.1 Å². The van der Waals surface area contributed by atoms with Gasteiger partial charge in [0.15, 0.2) is 5.84 Å². The predicted molar refractivity (Wildman–Crippen MR) is 239 cm³/mol. The maximum Gasteiger partial charge on any atom is 0.519 e. The van der Waals surface area contributed by atoms with Gasteiger partial charge in [-0.1, -0.05) is 29.4 Å². The molecule has 3 rings (SSSR count). The quantitative estimate of drug-likeness (QED) is 0.0188. The Morgan fingerprint density at radius 1 is 0.587 bits per heavy atom. The standard InChI is InChI=1S/C13H19N3O3.C13H16N2O2.C10H18O5.C8H8N2.H3NO/c1-8-5-6-9(11(14)16-18)7-10(8)15-12(17)19-13(2,3)4;1-9-5-6-10(8-14)7-11(9)15-12(16)17-13(2,3)4;1-9(2,3)14-7(11)13-8(12)15-10(4,5)6;1-6-2-3-7(5-9)4-8(6)10;1-2/h5-7,18H,1-4H3,(H2,14,16)(H,15,17);5-7H,1-4H3,(H,15,16);1-6H3;2-4H,10H2,1H3;2H,1H2. The van der Waals surface area contributed by atoms with E-state index in [0.29, 0.717) is 33.8 Å². The molecule has 0 heterocycles. The van der Waals surface area contributed by atoms with Gasteiger partial charge in [0.1, 0.15) is 22.4 Å². The lowest BCUT2D eigenvalue weighted by Gasteiger charge is -2.20. The van der Waals surface area contributed by atoms with Gasteiger partial charge in [-0.15, -0.1) is 0 Å². The number of nitrogens with two attached hydrogens (primary N) is 3. The number of carbonyl (C=O) groups excluding carboxylic acids is 4. The molecule has 0 saturated carbocycles. The Balaban J connectivity index is 0. The van der Waals surface area contributed by atoms with Crippen molar-refractivity contribution in [1.29, 1.82) is 10.5 Å². The first-order valence-corrected chi connectivity index (χ1v) is 19.0. The van der Waals surface area contributed by atoms with E-state index < -0.39 is 46.9 Å². The number of nitriles is 2. The molecule has 346 valence electrons. The molecule has 0 atom stereocenters. The molecular formula is C44H64N8O11. The second-order valence-corrected chi connectivity index (χ2v) is 17.1. The normalized spacial score (nSPS) is 10.8. The number of benzene rings is 3. The van der Waals surface area contributed by atoms with Gasteiger partial charge in [-0.05, 0) is 151 Å². The van der Waals surface area contributed by atoms with E-state index in [1.807, 2.05) is 39.0 Å². The largest absolute Gasteiger partial charge is 0.519 e. The molecule has 19 heteroatoms. The van der Waals surface area contributed by atoms with Crippen LogP contribution in [0.4, 0.5) is 36.2 Å². The fourth-order valence-electron chi connectivity index (χ4n) is 3.95. The zero-order chi connectivity index (χ0) is 49.5. The summed E-state index contributed by atoms with van der Waals surface area (Å²) >= 11 is 0. The molecule has 0 fully saturated rings. The van der Waals surface area contributed by atoms with Crippen LogP contribution in [0.1, 0.15) is 116 Å². The molecule has 2 amide bonds. The SMILES string of the molecule is CC(C)(C)OC(=O)OC(=O)OC(C)(C)C.Cc1ccc(/C(N)=N/O)cc1NC(=O)OC(C)(C)C.Cc1ccc(C#N)cc1N.Cc1ccc(C#N)cc1NC(=O)OC(C)(C)C.NO. The van der Waals surface area contributed by atoms with Crippen molar-refractivity contribution in [2.45, 2.75) is 126 Å². The number of carbonyl (C=O) groups is 4. The summed E-state index contributed by atoms with van der Waals surface area (Å²) in [5.41, 5.74) is 14.8. The lowest BCUT2D eigenvalue weighted by molar-refractivity contribution is -0.0294. The van der Waals surface area contributed by atoms with Crippen LogP contribution in [-0.4, -0.2) is 63.2 Å². The van der Waals surface area contributed by atoms with E-state index in [4.69, 9.17) is 51.4 Å². The van der Waals surface area contributed by atoms with Crippen LogP contribution >= 0.6 is 0 Å². The van der Waals surface area contributed by atoms with Crippen molar-refractivity contribution >= 4 is 47.4 Å². The number of anilines is 3. The Bertz CT molecular complexity index is 2070. The van der Waals surface area contributed by atoms with E-state index in [2.05, 4.69) is 26.4 Å². The fourth-order valence-corrected chi connectivity index (χ4v) is 3.95. The summed E-state index contributed by atoms with van der Waals surface area (Å²) in [5.74, 6) is 3.48. The maximum atomic E-state index is 11.7. The monoisotopic (exact) mass is 880 g/mol. The van der Waals surface area contributed by atoms with Gasteiger partial charge < -0.3 is 45.6 Å². The van der Waals surface area contributed by atoms with Gasteiger partial charge >= 0.3 is 24.5 Å². The lowest BCUT2D eigenvalue weighted by atomic mass is 10.1. The van der Waals surface area contributed by atoms with Crippen molar-refractivity contribution < 1.29 is 53.3 Å². The van der Waals surface area contributed by atoms with Gasteiger partial charge in [-0.25, -0.2) is 25.1 Å². The van der Waals surface area contributed by atoms with E-state index in [1.54, 1.807) is 132 Å². The minimum atomic E-state index is -1.06. The molecule has 0 radical (unpaired) electrons. The molecule has 10 N–H and O–H groups in total. The maximum absolute atomic E-state index is 11.7. The third-order valence-electron chi connectivity index (χ3n) is 6.63. The first-order valence-electron chi connectivity index (χ1n) is 19.0. The highest BCUT2D eigenvalue weighted by Crippen LogP contribution is 2.20. The van der Waals surface area contributed by atoms with E-state index >= 15 is 0 Å². The van der Waals surface area contributed by atoms with Crippen molar-refractivity contribution in [1.82, 2.24) is 0 Å². The van der Waals surface area contributed by atoms with Crippen molar-refractivity contribution in [3.63, 3.8) is 0 Å². The zero-order valence-electron chi connectivity index (χ0n) is 38.8. The molecule has 0 aliphatic rings. The number of oxime groups is 1. The van der Waals surface area contributed by atoms with Gasteiger partial charge in [0, 0.05) is 22.6 Å². The van der Waals surface area contributed by atoms with Crippen molar-refractivity contribution in [2.75, 3.05) is 16.4 Å². The van der Waals surface area contributed by atoms with Gasteiger partial charge in [-0.3, -0.25) is 10.6 Å². The summed E-state index contributed by atoms with van der Waals surface area (Å²) < 4.78 is 24.1. The number of hydrogen-bond acceptors (Lipinski definition) is 16. The third-order valence-corrected chi connectivity index (χ3v) is 6.63. The highest BCUT2D eigenvalue weighted by Gasteiger charge is 2.24. The van der Waals surface area contributed by atoms with Crippen molar-refractivity contribution in [2.24, 2.45) is 16.8 Å². The molecule has 0 spiro atoms. The summed E-state index contributed by atoms with van der Waals surface area (Å²) in [5, 5.41) is 40.5. The summed E-state index contributed by atoms with van der Waals surface area (Å²) in [6.07, 6.45) is -3.18. The number of nitrogens with one attached hydrogen (secondary N) is 2. The topological polar surface area (TPSA) is 317 Å². The summed E-state index contributed by atoms with van der Waals surface area (Å²) in [4.78, 5) is 45.3. The van der Waals surface area contributed by atoms with Gasteiger partial charge in [-0.2, -0.15) is 10.5 Å². The van der Waals surface area contributed by atoms with Crippen LogP contribution in [0.25, 0.3) is 0 Å². The predicted octanol–water partition coefficient (Wildman–Crippen LogP) is 9.31. The summed E-state index contributed by atoms with van der Waals surface area (Å²) in [6.45, 7) is 26.4. The van der Waals surface area contributed by atoms with E-state index in [1.165, 1.54) is 0 Å². The highest BCUT2D eigenvalue weighted by atomic mass is 16.8. The molecule has 3 aromatic rings. The van der Waals surface area contributed by atoms with E-state index in [9.17, 15) is 19.2 Å². The molecule has 0 aromatic heterocycles. The molecule has 19 nitrogen and oxygen atoms in total. The minimum absolute atomic E-state index is 0.0211. The number of aryl methyl sites for hydroxylation is 3. The van der Waals surface area contributed by atoms with Crippen LogP contribution in [0, 0.1) is 43.4 Å². The van der Waals surface area contributed by atoms with Crippen LogP contribution < -0.4 is 28.0 Å². The minimum Gasteiger partial charge on any atom is -0.444 e. The average molecular weight is 881 g/mol. The molecule has 63 heavy (non-hydrogen) atoms. The Morgan fingerprint density at radius 3 is 1.29 bits per heavy atom. The Kier molecular flexibility index (Phi) is 24.2. The van der Waals surface area contributed by atoms with Gasteiger partial charge in [0.05, 0.1) is 23.3 Å². The number of amidine groups is 1. The highest BCUT2D eigenvalue weighted by molar-refractivity contribution is 5.99. The summed E-state index contributed by atoms with van der Waals surface area (Å²) in [7, 11) is 0. The first kappa shape index (κ1) is 58.0. The van der Waals surface area contributed by atoms with Gasteiger partial charge in [0.25, 0.3) is 0 Å². The lowest BCUT2D eigenvalue weighted by Crippen LogP contribution is -2.29. The molecule has 3 aromatic carbocycles. The number of amides is 2. The zero-order valence-corrected chi connectivity index (χ0v) is 38.8. The number of ether oxygens (including phenoxy) is 5. The van der Waals surface area contributed by atoms with Crippen LogP contribution in [-0.2, 0) is 23.7 Å². The van der Waals surface area contributed by atoms with E-state index in [-0.39, 0.29) is 5.84 Å². The van der Waals surface area contributed by atoms with Crippen molar-refractivity contribution in [3.05, 3.63) is 88.0 Å². The molecule has 0 aliphatic carbocycles. The molecule has 0 saturated heterocycles. The number of nitrogens with zero attached hydrogens (tertiary/aromatic N) is 3. The smallest absolute Gasteiger partial charge is 0.444 e. The van der Waals surface area contributed by atoms with Crippen LogP contribution in [0.3, 0.4) is 0 Å². The number of rotatable bonds is 3. The third kappa shape index (κ3) is 28.1. The van der Waals surface area contributed by atoms with E-state index in [0.717, 1.165) is 16.7 Å². The van der Waals surface area contributed by atoms with Crippen LogP contribution in [0.5, 0.6) is 0 Å². The Hall–Kier alpha value is -7.09. The Morgan fingerprint density at radius 2 is 0.937 bits per heavy atom. The summed E-state index contributed by atoms with van der Waals surface area (Å²) in [6, 6.07) is 19.5. The molecule has 0 aliphatic heterocycles. The van der Waals surface area contributed by atoms with Crippen LogP contribution in [0.2, 0.25) is 0 Å². The number of nitrogen functional groups attached to an aromatic ring is 1. The Labute approximate surface area is 370 Å². The average Bonchev–Trinajstić information content (AvgIpc) is 3.12. The van der Waals surface area contributed by atoms with Crippen LogP contribution in [0.15, 0.2) is 59.8 Å².